The Morgan fingerprint density at radius 1 is 1.12 bits per heavy atom. The number of halogens is 2. The van der Waals surface area contributed by atoms with E-state index in [0.29, 0.717) is 5.56 Å². The van der Waals surface area contributed by atoms with Crippen molar-refractivity contribution < 1.29 is 13.6 Å². The maximum Gasteiger partial charge on any atom is 0.168 e. The van der Waals surface area contributed by atoms with Crippen LogP contribution in [0, 0.1) is 24.5 Å². The van der Waals surface area contributed by atoms with Gasteiger partial charge in [0.15, 0.2) is 5.78 Å². The summed E-state index contributed by atoms with van der Waals surface area (Å²) >= 11 is 0. The third-order valence-corrected chi connectivity index (χ3v) is 3.49. The molecule has 92 valence electrons. The summed E-state index contributed by atoms with van der Waals surface area (Å²) in [6.45, 7) is 1.55. The van der Waals surface area contributed by atoms with Crippen LogP contribution >= 0.6 is 0 Å². The van der Waals surface area contributed by atoms with Crippen LogP contribution in [0.1, 0.15) is 48.0 Å². The number of carbonyl (C=O) groups is 1. The summed E-state index contributed by atoms with van der Waals surface area (Å²) in [6.07, 6.45) is 4.86. The number of carbonyl (C=O) groups excluding carboxylic acids is 1. The summed E-state index contributed by atoms with van der Waals surface area (Å²) in [5, 5.41) is 0. The molecule has 17 heavy (non-hydrogen) atoms. The molecular weight excluding hydrogens is 222 g/mol. The molecule has 0 N–H and O–H groups in total. The standard InChI is InChI=1S/C14H16F2O/c1-9-7-11(13(16)8-12(9)15)14(17)10-5-3-2-4-6-10/h7-8,10H,2-6H2,1H3. The number of Topliss-reactive ketones (excluding diaryl/α,β-unsaturated/α-hetero) is 1. The average molecular weight is 238 g/mol. The first-order valence-corrected chi connectivity index (χ1v) is 6.09. The third kappa shape index (κ3) is 2.54. The van der Waals surface area contributed by atoms with Crippen molar-refractivity contribution in [2.75, 3.05) is 0 Å². The summed E-state index contributed by atoms with van der Waals surface area (Å²) in [7, 11) is 0. The molecule has 0 aromatic heterocycles. The highest BCUT2D eigenvalue weighted by Crippen LogP contribution is 2.28. The Bertz CT molecular complexity index is 434. The van der Waals surface area contributed by atoms with Crippen molar-refractivity contribution in [3.8, 4) is 0 Å². The Morgan fingerprint density at radius 3 is 2.41 bits per heavy atom. The SMILES string of the molecule is Cc1cc(C(=O)C2CCCCC2)c(F)cc1F. The molecule has 1 aliphatic rings. The lowest BCUT2D eigenvalue weighted by atomic mass is 9.83. The van der Waals surface area contributed by atoms with Crippen LogP contribution in [0.25, 0.3) is 0 Å². The normalized spacial score (nSPS) is 17.1. The van der Waals surface area contributed by atoms with Crippen LogP contribution in [0.5, 0.6) is 0 Å². The first kappa shape index (κ1) is 12.2. The quantitative estimate of drug-likeness (QED) is 0.711. The molecule has 1 aromatic rings. The zero-order valence-corrected chi connectivity index (χ0v) is 9.93. The van der Waals surface area contributed by atoms with Crippen molar-refractivity contribution in [3.05, 3.63) is 34.9 Å². The van der Waals surface area contributed by atoms with Crippen LogP contribution in [-0.4, -0.2) is 5.78 Å². The van der Waals surface area contributed by atoms with E-state index < -0.39 is 11.6 Å². The Hall–Kier alpha value is -1.25. The van der Waals surface area contributed by atoms with Gasteiger partial charge in [0.2, 0.25) is 0 Å². The molecule has 1 nitrogen and oxygen atoms in total. The van der Waals surface area contributed by atoms with Crippen LogP contribution in [0.15, 0.2) is 12.1 Å². The van der Waals surface area contributed by atoms with Crippen LogP contribution < -0.4 is 0 Å². The molecule has 1 aliphatic carbocycles. The summed E-state index contributed by atoms with van der Waals surface area (Å²) in [5.41, 5.74) is 0.376. The minimum absolute atomic E-state index is 0.0517. The van der Waals surface area contributed by atoms with Crippen molar-refractivity contribution >= 4 is 5.78 Å². The van der Waals surface area contributed by atoms with E-state index in [2.05, 4.69) is 0 Å². The average Bonchev–Trinajstić information content (AvgIpc) is 2.34. The molecule has 0 unspecified atom stereocenters. The van der Waals surface area contributed by atoms with Gasteiger partial charge >= 0.3 is 0 Å². The first-order valence-electron chi connectivity index (χ1n) is 6.09. The van der Waals surface area contributed by atoms with Gasteiger partial charge in [-0.25, -0.2) is 8.78 Å². The summed E-state index contributed by atoms with van der Waals surface area (Å²) in [6, 6.07) is 2.15. The molecule has 0 atom stereocenters. The molecular formula is C14H16F2O. The van der Waals surface area contributed by atoms with Crippen LogP contribution in [0.4, 0.5) is 8.78 Å². The maximum atomic E-state index is 13.6. The molecule has 1 aromatic carbocycles. The van der Waals surface area contributed by atoms with E-state index in [1.807, 2.05) is 0 Å². The van der Waals surface area contributed by atoms with E-state index >= 15 is 0 Å². The fourth-order valence-corrected chi connectivity index (χ4v) is 2.43. The molecule has 0 aliphatic heterocycles. The summed E-state index contributed by atoms with van der Waals surface area (Å²) < 4.78 is 26.7. The van der Waals surface area contributed by atoms with E-state index in [9.17, 15) is 13.6 Å². The van der Waals surface area contributed by atoms with Crippen LogP contribution in [0.3, 0.4) is 0 Å². The van der Waals surface area contributed by atoms with Gasteiger partial charge in [0, 0.05) is 12.0 Å². The largest absolute Gasteiger partial charge is 0.294 e. The van der Waals surface area contributed by atoms with Gasteiger partial charge in [-0.1, -0.05) is 19.3 Å². The Labute approximate surface area is 99.8 Å². The topological polar surface area (TPSA) is 17.1 Å². The molecule has 1 fully saturated rings. The van der Waals surface area contributed by atoms with E-state index in [-0.39, 0.29) is 17.3 Å². The summed E-state index contributed by atoms with van der Waals surface area (Å²) in [5.74, 6) is -1.57. The van der Waals surface area contributed by atoms with Crippen molar-refractivity contribution in [3.63, 3.8) is 0 Å². The van der Waals surface area contributed by atoms with Crippen LogP contribution in [-0.2, 0) is 0 Å². The second kappa shape index (κ2) is 4.94. The lowest BCUT2D eigenvalue weighted by molar-refractivity contribution is 0.0885. The molecule has 0 heterocycles. The molecule has 0 radical (unpaired) electrons. The van der Waals surface area contributed by atoms with Gasteiger partial charge < -0.3 is 0 Å². The maximum absolute atomic E-state index is 13.6. The number of rotatable bonds is 2. The first-order chi connectivity index (χ1) is 8.09. The fraction of sp³-hybridized carbons (Fsp3) is 0.500. The van der Waals surface area contributed by atoms with Crippen molar-refractivity contribution in [1.82, 2.24) is 0 Å². The zero-order valence-electron chi connectivity index (χ0n) is 9.93. The van der Waals surface area contributed by atoms with Crippen molar-refractivity contribution in [2.45, 2.75) is 39.0 Å². The molecule has 0 bridgehead atoms. The van der Waals surface area contributed by atoms with E-state index in [0.717, 1.165) is 38.2 Å². The van der Waals surface area contributed by atoms with Gasteiger partial charge in [0.05, 0.1) is 5.56 Å². The second-order valence-electron chi connectivity index (χ2n) is 4.78. The van der Waals surface area contributed by atoms with Gasteiger partial charge in [0.25, 0.3) is 0 Å². The number of ketones is 1. The molecule has 3 heteroatoms. The lowest BCUT2D eigenvalue weighted by Gasteiger charge is -2.20. The van der Waals surface area contributed by atoms with Gasteiger partial charge in [-0.2, -0.15) is 0 Å². The molecule has 0 spiro atoms. The lowest BCUT2D eigenvalue weighted by Crippen LogP contribution is -2.19. The predicted octanol–water partition coefficient (Wildman–Crippen LogP) is 4.04. The van der Waals surface area contributed by atoms with Gasteiger partial charge in [-0.05, 0) is 31.4 Å². The monoisotopic (exact) mass is 238 g/mol. The minimum Gasteiger partial charge on any atom is -0.294 e. The highest BCUT2D eigenvalue weighted by atomic mass is 19.1. The number of benzene rings is 1. The number of aryl methyl sites for hydroxylation is 1. The van der Waals surface area contributed by atoms with Crippen LogP contribution in [0.2, 0.25) is 0 Å². The minimum atomic E-state index is -0.733. The van der Waals surface area contributed by atoms with Gasteiger partial charge in [-0.3, -0.25) is 4.79 Å². The van der Waals surface area contributed by atoms with E-state index in [4.69, 9.17) is 0 Å². The van der Waals surface area contributed by atoms with Crippen molar-refractivity contribution in [1.29, 1.82) is 0 Å². The number of hydrogen-bond acceptors (Lipinski definition) is 1. The second-order valence-corrected chi connectivity index (χ2v) is 4.78. The van der Waals surface area contributed by atoms with Gasteiger partial charge in [0.1, 0.15) is 11.6 Å². The van der Waals surface area contributed by atoms with Crippen molar-refractivity contribution in [2.24, 2.45) is 5.92 Å². The molecule has 1 saturated carbocycles. The number of hydrogen-bond donors (Lipinski definition) is 0. The predicted molar refractivity (Wildman–Crippen MR) is 62.0 cm³/mol. The smallest absolute Gasteiger partial charge is 0.168 e. The highest BCUT2D eigenvalue weighted by Gasteiger charge is 2.25. The molecule has 0 saturated heterocycles. The van der Waals surface area contributed by atoms with E-state index in [1.54, 1.807) is 6.92 Å². The van der Waals surface area contributed by atoms with Gasteiger partial charge in [-0.15, -0.1) is 0 Å². The Balaban J connectivity index is 2.26. The highest BCUT2D eigenvalue weighted by molar-refractivity contribution is 5.98. The molecule has 2 rings (SSSR count). The summed E-state index contributed by atoms with van der Waals surface area (Å²) in [4.78, 5) is 12.1. The third-order valence-electron chi connectivity index (χ3n) is 3.49. The van der Waals surface area contributed by atoms with E-state index in [1.165, 1.54) is 6.07 Å². The fourth-order valence-electron chi connectivity index (χ4n) is 2.43. The Morgan fingerprint density at radius 2 is 1.76 bits per heavy atom. The Kier molecular flexibility index (Phi) is 3.55. The molecule has 0 amide bonds. The zero-order chi connectivity index (χ0) is 12.4.